The Hall–Kier alpha value is -2.60. The molecule has 0 bridgehead atoms. The minimum absolute atomic E-state index is 0.158. The molecule has 0 spiro atoms. The zero-order valence-corrected chi connectivity index (χ0v) is 13.6. The highest BCUT2D eigenvalue weighted by atomic mass is 32.2. The fourth-order valence-electron chi connectivity index (χ4n) is 2.48. The number of anilines is 1. The molecule has 0 saturated carbocycles. The average Bonchev–Trinajstić information content (AvgIpc) is 2.46. The van der Waals surface area contributed by atoms with E-state index in [1.54, 1.807) is 42.5 Å². The van der Waals surface area contributed by atoms with Crippen LogP contribution in [0.3, 0.4) is 0 Å². The zero-order valence-electron chi connectivity index (χ0n) is 12.8. The van der Waals surface area contributed by atoms with E-state index in [0.29, 0.717) is 15.6 Å². The van der Waals surface area contributed by atoms with Gasteiger partial charge in [-0.2, -0.15) is 4.73 Å². The van der Waals surface area contributed by atoms with E-state index in [4.69, 9.17) is 0 Å². The summed E-state index contributed by atoms with van der Waals surface area (Å²) in [5, 5.41) is 12.7. The van der Waals surface area contributed by atoms with Gasteiger partial charge in [-0.3, -0.25) is 4.72 Å². The first kappa shape index (κ1) is 15.3. The van der Waals surface area contributed by atoms with E-state index in [0.717, 1.165) is 11.1 Å². The van der Waals surface area contributed by atoms with Crippen LogP contribution < -0.4 is 9.45 Å². The van der Waals surface area contributed by atoms with Gasteiger partial charge in [-0.05, 0) is 49.7 Å². The second-order valence-electron chi connectivity index (χ2n) is 5.50. The van der Waals surface area contributed by atoms with Crippen LogP contribution in [0, 0.1) is 19.1 Å². The van der Waals surface area contributed by atoms with Crippen LogP contribution in [0.1, 0.15) is 11.1 Å². The number of nitrogens with one attached hydrogen (secondary N) is 1. The first-order chi connectivity index (χ1) is 10.9. The molecular weight excluding hydrogens is 312 g/mol. The molecule has 3 aromatic rings. The number of aromatic nitrogens is 1. The van der Waals surface area contributed by atoms with Crippen LogP contribution in [-0.4, -0.2) is 8.42 Å². The molecule has 0 unspecified atom stereocenters. The van der Waals surface area contributed by atoms with Gasteiger partial charge in [0.15, 0.2) is 6.20 Å². The van der Waals surface area contributed by atoms with E-state index >= 15 is 0 Å². The van der Waals surface area contributed by atoms with Crippen LogP contribution in [0.5, 0.6) is 0 Å². The number of pyridine rings is 1. The summed E-state index contributed by atoms with van der Waals surface area (Å²) < 4.78 is 28.3. The average molecular weight is 328 g/mol. The van der Waals surface area contributed by atoms with Crippen LogP contribution in [-0.2, 0) is 10.0 Å². The second-order valence-corrected chi connectivity index (χ2v) is 7.19. The van der Waals surface area contributed by atoms with Gasteiger partial charge < -0.3 is 5.21 Å². The highest BCUT2D eigenvalue weighted by Crippen LogP contribution is 2.25. The van der Waals surface area contributed by atoms with Crippen molar-refractivity contribution in [3.05, 3.63) is 71.1 Å². The van der Waals surface area contributed by atoms with Crippen LogP contribution in [0.25, 0.3) is 10.9 Å². The summed E-state index contributed by atoms with van der Waals surface area (Å²) >= 11 is 0. The van der Waals surface area contributed by atoms with Crippen molar-refractivity contribution < 1.29 is 13.1 Å². The maximum atomic E-state index is 12.6. The highest BCUT2D eigenvalue weighted by Gasteiger charge is 2.19. The SMILES string of the molecule is Cc1ccc(S(=O)(=O)Nc2cc(C)cc3ccc[n+]([O-])c23)cc1. The Morgan fingerprint density at radius 3 is 2.39 bits per heavy atom. The molecule has 1 heterocycles. The summed E-state index contributed by atoms with van der Waals surface area (Å²) in [5.74, 6) is 0. The van der Waals surface area contributed by atoms with Crippen LogP contribution in [0.4, 0.5) is 5.69 Å². The van der Waals surface area contributed by atoms with Gasteiger partial charge in [-0.25, -0.2) is 8.42 Å². The number of hydrogen-bond donors (Lipinski definition) is 1. The number of fused-ring (bicyclic) bond motifs is 1. The summed E-state index contributed by atoms with van der Waals surface area (Å²) in [6.45, 7) is 3.74. The molecule has 0 amide bonds. The Labute approximate surface area is 134 Å². The van der Waals surface area contributed by atoms with E-state index < -0.39 is 10.0 Å². The van der Waals surface area contributed by atoms with Gasteiger partial charge >= 0.3 is 0 Å². The van der Waals surface area contributed by atoms with Crippen molar-refractivity contribution in [3.8, 4) is 0 Å². The maximum absolute atomic E-state index is 12.6. The van der Waals surface area contributed by atoms with E-state index in [-0.39, 0.29) is 10.6 Å². The number of benzene rings is 2. The van der Waals surface area contributed by atoms with Crippen molar-refractivity contribution >= 4 is 26.6 Å². The molecule has 1 N–H and O–H groups in total. The lowest BCUT2D eigenvalue weighted by molar-refractivity contribution is -0.576. The molecule has 3 rings (SSSR count). The van der Waals surface area contributed by atoms with Gasteiger partial charge in [0, 0.05) is 6.07 Å². The topological polar surface area (TPSA) is 73.1 Å². The van der Waals surface area contributed by atoms with E-state index in [2.05, 4.69) is 4.72 Å². The Bertz CT molecular complexity index is 981. The molecule has 5 nitrogen and oxygen atoms in total. The lowest BCUT2D eigenvalue weighted by atomic mass is 10.1. The molecule has 118 valence electrons. The van der Waals surface area contributed by atoms with Gasteiger partial charge in [0.25, 0.3) is 10.0 Å². The predicted molar refractivity (Wildman–Crippen MR) is 89.6 cm³/mol. The largest absolute Gasteiger partial charge is 0.618 e. The number of hydrogen-bond acceptors (Lipinski definition) is 3. The minimum Gasteiger partial charge on any atom is -0.618 e. The Morgan fingerprint density at radius 2 is 1.70 bits per heavy atom. The fourth-order valence-corrected chi connectivity index (χ4v) is 3.54. The molecule has 23 heavy (non-hydrogen) atoms. The van der Waals surface area contributed by atoms with E-state index in [1.165, 1.54) is 6.20 Å². The zero-order chi connectivity index (χ0) is 16.6. The third-order valence-electron chi connectivity index (χ3n) is 3.58. The highest BCUT2D eigenvalue weighted by molar-refractivity contribution is 7.92. The Morgan fingerprint density at radius 1 is 1.00 bits per heavy atom. The monoisotopic (exact) mass is 328 g/mol. The van der Waals surface area contributed by atoms with Crippen molar-refractivity contribution in [2.75, 3.05) is 4.72 Å². The standard InChI is InChI=1S/C17H16N2O3S/c1-12-5-7-15(8-6-12)23(21,22)18-16-11-13(2)10-14-4-3-9-19(20)17(14)16/h3-11,18H,1-2H3. The molecule has 0 aliphatic carbocycles. The molecule has 0 saturated heterocycles. The predicted octanol–water partition coefficient (Wildman–Crippen LogP) is 2.89. The summed E-state index contributed by atoms with van der Waals surface area (Å²) in [4.78, 5) is 0.158. The minimum atomic E-state index is -3.76. The molecule has 0 radical (unpaired) electrons. The lowest BCUT2D eigenvalue weighted by Gasteiger charge is -2.11. The summed E-state index contributed by atoms with van der Waals surface area (Å²) in [6.07, 6.45) is 1.35. The van der Waals surface area contributed by atoms with Crippen molar-refractivity contribution in [2.24, 2.45) is 0 Å². The van der Waals surface area contributed by atoms with Gasteiger partial charge in [0.05, 0.1) is 10.3 Å². The van der Waals surface area contributed by atoms with E-state index in [1.807, 2.05) is 19.9 Å². The first-order valence-corrected chi connectivity index (χ1v) is 8.57. The number of rotatable bonds is 3. The molecule has 0 fully saturated rings. The molecule has 0 aliphatic heterocycles. The molecule has 0 atom stereocenters. The van der Waals surface area contributed by atoms with Gasteiger partial charge in [-0.15, -0.1) is 0 Å². The van der Waals surface area contributed by atoms with Crippen LogP contribution >= 0.6 is 0 Å². The molecular formula is C17H16N2O3S. The maximum Gasteiger partial charge on any atom is 0.262 e. The van der Waals surface area contributed by atoms with Crippen molar-refractivity contribution in [1.82, 2.24) is 0 Å². The summed E-state index contributed by atoms with van der Waals surface area (Å²) in [7, 11) is -3.76. The molecule has 2 aromatic carbocycles. The number of aryl methyl sites for hydroxylation is 2. The first-order valence-electron chi connectivity index (χ1n) is 7.09. The Balaban J connectivity index is 2.12. The molecule has 6 heteroatoms. The summed E-state index contributed by atoms with van der Waals surface area (Å²) in [5.41, 5.74) is 2.41. The van der Waals surface area contributed by atoms with Crippen LogP contribution in [0.15, 0.2) is 59.6 Å². The third-order valence-corrected chi connectivity index (χ3v) is 4.96. The smallest absolute Gasteiger partial charge is 0.262 e. The van der Waals surface area contributed by atoms with Crippen LogP contribution in [0.2, 0.25) is 0 Å². The summed E-state index contributed by atoms with van der Waals surface area (Å²) in [6, 6.07) is 13.5. The number of sulfonamides is 1. The third kappa shape index (κ3) is 2.98. The lowest BCUT2D eigenvalue weighted by Crippen LogP contribution is -2.27. The van der Waals surface area contributed by atoms with Crippen molar-refractivity contribution in [3.63, 3.8) is 0 Å². The van der Waals surface area contributed by atoms with E-state index in [9.17, 15) is 13.6 Å². The Kier molecular flexibility index (Phi) is 3.69. The quantitative estimate of drug-likeness (QED) is 0.593. The molecule has 0 aliphatic rings. The van der Waals surface area contributed by atoms with Gasteiger partial charge in [0.2, 0.25) is 5.52 Å². The van der Waals surface area contributed by atoms with Gasteiger partial charge in [-0.1, -0.05) is 17.7 Å². The van der Waals surface area contributed by atoms with Crippen molar-refractivity contribution in [2.45, 2.75) is 18.7 Å². The number of nitrogens with zero attached hydrogens (tertiary/aromatic N) is 1. The second kappa shape index (κ2) is 5.55. The van der Waals surface area contributed by atoms with Crippen molar-refractivity contribution in [1.29, 1.82) is 0 Å². The van der Waals surface area contributed by atoms with Gasteiger partial charge in [0.1, 0.15) is 5.69 Å². The molecule has 1 aromatic heterocycles. The normalized spacial score (nSPS) is 11.6. The fraction of sp³-hybridized carbons (Fsp3) is 0.118.